The predicted molar refractivity (Wildman–Crippen MR) is 75.3 cm³/mol. The Labute approximate surface area is 124 Å². The first kappa shape index (κ1) is 15.8. The average Bonchev–Trinajstić information content (AvgIpc) is 2.45. The zero-order valence-corrected chi connectivity index (χ0v) is 11.5. The number of anilines is 1. The molecule has 7 heteroatoms. The largest absolute Gasteiger partial charge is 0.435 e. The normalized spacial score (nSPS) is 11.6. The number of halogens is 4. The number of benzene rings is 2. The maximum absolute atomic E-state index is 13.4. The third-order valence-corrected chi connectivity index (χ3v) is 2.75. The smallest absolute Gasteiger partial charge is 0.387 e. The van der Waals surface area contributed by atoms with E-state index in [9.17, 15) is 17.6 Å². The van der Waals surface area contributed by atoms with Gasteiger partial charge in [-0.25, -0.2) is 8.78 Å². The van der Waals surface area contributed by atoms with Gasteiger partial charge in [0.2, 0.25) is 0 Å². The van der Waals surface area contributed by atoms with Gasteiger partial charge in [0, 0.05) is 11.6 Å². The minimum atomic E-state index is -2.92. The van der Waals surface area contributed by atoms with Crippen LogP contribution in [0.5, 0.6) is 5.75 Å². The summed E-state index contributed by atoms with van der Waals surface area (Å²) in [7, 11) is 0. The van der Waals surface area contributed by atoms with E-state index in [0.717, 1.165) is 12.1 Å². The average molecular weight is 312 g/mol. The SMILES string of the molecule is C/C(=N/Nc1ccc(F)cc1F)c1cccc(OC(F)F)c1. The third-order valence-electron chi connectivity index (χ3n) is 2.75. The van der Waals surface area contributed by atoms with Crippen molar-refractivity contribution in [3.63, 3.8) is 0 Å². The van der Waals surface area contributed by atoms with Crippen LogP contribution < -0.4 is 10.2 Å². The molecule has 0 atom stereocenters. The van der Waals surface area contributed by atoms with Crippen molar-refractivity contribution in [2.75, 3.05) is 5.43 Å². The first-order valence-electron chi connectivity index (χ1n) is 6.26. The number of hydrogen-bond acceptors (Lipinski definition) is 3. The lowest BCUT2D eigenvalue weighted by atomic mass is 10.1. The quantitative estimate of drug-likeness (QED) is 0.504. The van der Waals surface area contributed by atoms with E-state index in [-0.39, 0.29) is 11.4 Å². The Morgan fingerprint density at radius 3 is 2.59 bits per heavy atom. The molecule has 0 aromatic heterocycles. The van der Waals surface area contributed by atoms with Crippen LogP contribution >= 0.6 is 0 Å². The Hall–Kier alpha value is -2.57. The zero-order valence-electron chi connectivity index (χ0n) is 11.5. The number of hydrogen-bond donors (Lipinski definition) is 1. The summed E-state index contributed by atoms with van der Waals surface area (Å²) < 4.78 is 54.8. The number of nitrogens with zero attached hydrogens (tertiary/aromatic N) is 1. The first-order chi connectivity index (χ1) is 10.5. The summed E-state index contributed by atoms with van der Waals surface area (Å²) in [6, 6.07) is 8.96. The van der Waals surface area contributed by atoms with Gasteiger partial charge in [0.1, 0.15) is 11.6 Å². The van der Waals surface area contributed by atoms with E-state index in [1.54, 1.807) is 13.0 Å². The van der Waals surface area contributed by atoms with Gasteiger partial charge in [-0.05, 0) is 31.2 Å². The van der Waals surface area contributed by atoms with E-state index >= 15 is 0 Å². The second-order valence-corrected chi connectivity index (χ2v) is 4.34. The van der Waals surface area contributed by atoms with Crippen LogP contribution in [0, 0.1) is 11.6 Å². The first-order valence-corrected chi connectivity index (χ1v) is 6.26. The predicted octanol–water partition coefficient (Wildman–Crippen LogP) is 4.40. The van der Waals surface area contributed by atoms with Crippen molar-refractivity contribution in [2.24, 2.45) is 5.10 Å². The molecule has 22 heavy (non-hydrogen) atoms. The molecule has 0 fully saturated rings. The lowest BCUT2D eigenvalue weighted by Gasteiger charge is -2.07. The van der Waals surface area contributed by atoms with E-state index in [1.165, 1.54) is 24.3 Å². The number of hydrazone groups is 1. The van der Waals surface area contributed by atoms with Gasteiger partial charge >= 0.3 is 6.61 Å². The molecule has 1 N–H and O–H groups in total. The van der Waals surface area contributed by atoms with Crippen molar-refractivity contribution in [3.8, 4) is 5.75 Å². The van der Waals surface area contributed by atoms with E-state index in [0.29, 0.717) is 11.3 Å². The Morgan fingerprint density at radius 2 is 1.91 bits per heavy atom. The van der Waals surface area contributed by atoms with Crippen LogP contribution in [0.2, 0.25) is 0 Å². The van der Waals surface area contributed by atoms with Crippen LogP contribution in [0.1, 0.15) is 12.5 Å². The molecule has 0 spiro atoms. The summed E-state index contributed by atoms with van der Waals surface area (Å²) in [6.07, 6.45) is 0. The van der Waals surface area contributed by atoms with Crippen molar-refractivity contribution >= 4 is 11.4 Å². The summed E-state index contributed by atoms with van der Waals surface area (Å²) in [5, 5.41) is 3.94. The highest BCUT2D eigenvalue weighted by atomic mass is 19.3. The van der Waals surface area contributed by atoms with Crippen molar-refractivity contribution in [3.05, 3.63) is 59.7 Å². The summed E-state index contributed by atoms with van der Waals surface area (Å²) in [5.41, 5.74) is 3.40. The second kappa shape index (κ2) is 6.93. The van der Waals surface area contributed by atoms with Gasteiger partial charge in [-0.1, -0.05) is 12.1 Å². The zero-order chi connectivity index (χ0) is 16.1. The van der Waals surface area contributed by atoms with Crippen LogP contribution in [0.3, 0.4) is 0 Å². The molecule has 0 aliphatic rings. The minimum Gasteiger partial charge on any atom is -0.435 e. The summed E-state index contributed by atoms with van der Waals surface area (Å²) >= 11 is 0. The second-order valence-electron chi connectivity index (χ2n) is 4.34. The molecule has 2 aromatic rings. The summed E-state index contributed by atoms with van der Waals surface area (Å²) in [6.45, 7) is -1.31. The standard InChI is InChI=1S/C15H12F4N2O/c1-9(10-3-2-4-12(7-10)22-15(18)19)20-21-14-6-5-11(16)8-13(14)17/h2-8,15,21H,1H3/b20-9-. The number of nitrogens with one attached hydrogen (secondary N) is 1. The highest BCUT2D eigenvalue weighted by Crippen LogP contribution is 2.18. The number of ether oxygens (including phenoxy) is 1. The van der Waals surface area contributed by atoms with E-state index in [1.807, 2.05) is 0 Å². The third kappa shape index (κ3) is 4.21. The van der Waals surface area contributed by atoms with Crippen molar-refractivity contribution in [1.82, 2.24) is 0 Å². The van der Waals surface area contributed by atoms with Crippen LogP contribution in [0.15, 0.2) is 47.6 Å². The van der Waals surface area contributed by atoms with Gasteiger partial charge < -0.3 is 4.74 Å². The van der Waals surface area contributed by atoms with Crippen LogP contribution in [0.4, 0.5) is 23.2 Å². The molecule has 0 heterocycles. The molecule has 0 unspecified atom stereocenters. The van der Waals surface area contributed by atoms with E-state index in [2.05, 4.69) is 15.3 Å². The lowest BCUT2D eigenvalue weighted by Crippen LogP contribution is -2.04. The van der Waals surface area contributed by atoms with Crippen LogP contribution in [-0.4, -0.2) is 12.3 Å². The molecule has 0 amide bonds. The summed E-state index contributed by atoms with van der Waals surface area (Å²) in [4.78, 5) is 0. The van der Waals surface area contributed by atoms with Crippen molar-refractivity contribution in [2.45, 2.75) is 13.5 Å². The number of rotatable bonds is 5. The molecule has 3 nitrogen and oxygen atoms in total. The Morgan fingerprint density at radius 1 is 1.14 bits per heavy atom. The fourth-order valence-electron chi connectivity index (χ4n) is 1.69. The molecule has 0 radical (unpaired) electrons. The van der Waals surface area contributed by atoms with E-state index < -0.39 is 18.2 Å². The van der Waals surface area contributed by atoms with Crippen molar-refractivity contribution in [1.29, 1.82) is 0 Å². The molecular weight excluding hydrogens is 300 g/mol. The molecule has 0 saturated carbocycles. The molecule has 0 aliphatic carbocycles. The van der Waals surface area contributed by atoms with Gasteiger partial charge in [0.15, 0.2) is 5.82 Å². The molecule has 0 aliphatic heterocycles. The molecule has 116 valence electrons. The topological polar surface area (TPSA) is 33.6 Å². The lowest BCUT2D eigenvalue weighted by molar-refractivity contribution is -0.0498. The van der Waals surface area contributed by atoms with Gasteiger partial charge in [0.05, 0.1) is 11.4 Å². The highest BCUT2D eigenvalue weighted by Gasteiger charge is 2.07. The maximum atomic E-state index is 13.4. The maximum Gasteiger partial charge on any atom is 0.387 e. The van der Waals surface area contributed by atoms with Crippen LogP contribution in [0.25, 0.3) is 0 Å². The fraction of sp³-hybridized carbons (Fsp3) is 0.133. The molecule has 2 aromatic carbocycles. The van der Waals surface area contributed by atoms with Gasteiger partial charge in [0.25, 0.3) is 0 Å². The molecule has 0 saturated heterocycles. The Bertz CT molecular complexity index is 689. The highest BCUT2D eigenvalue weighted by molar-refractivity contribution is 5.99. The molecule has 2 rings (SSSR count). The van der Waals surface area contributed by atoms with Gasteiger partial charge in [-0.3, -0.25) is 5.43 Å². The monoisotopic (exact) mass is 312 g/mol. The Kier molecular flexibility index (Phi) is 4.98. The van der Waals surface area contributed by atoms with Crippen molar-refractivity contribution < 1.29 is 22.3 Å². The minimum absolute atomic E-state index is 0.000681. The fourth-order valence-corrected chi connectivity index (χ4v) is 1.69. The van der Waals surface area contributed by atoms with Gasteiger partial charge in [-0.2, -0.15) is 13.9 Å². The number of alkyl halides is 2. The molecule has 0 bridgehead atoms. The van der Waals surface area contributed by atoms with E-state index in [4.69, 9.17) is 0 Å². The molecular formula is C15H12F4N2O. The summed E-state index contributed by atoms with van der Waals surface area (Å²) in [5.74, 6) is -1.48. The van der Waals surface area contributed by atoms with Crippen LogP contribution in [-0.2, 0) is 0 Å². The Balaban J connectivity index is 2.15. The van der Waals surface area contributed by atoms with Gasteiger partial charge in [-0.15, -0.1) is 0 Å².